The van der Waals surface area contributed by atoms with Gasteiger partial charge in [0.1, 0.15) is 17.6 Å². The molecule has 0 saturated carbocycles. The summed E-state index contributed by atoms with van der Waals surface area (Å²) in [6, 6.07) is 4.75. The van der Waals surface area contributed by atoms with Crippen molar-refractivity contribution in [1.82, 2.24) is 0 Å². The lowest BCUT2D eigenvalue weighted by atomic mass is 10.1. The number of methoxy groups -OCH3 is 1. The molecule has 0 aliphatic carbocycles. The highest BCUT2D eigenvalue weighted by atomic mass is 16.5. The Bertz CT molecular complexity index is 462. The highest BCUT2D eigenvalue weighted by molar-refractivity contribution is 5.74. The molecule has 0 aromatic heterocycles. The van der Waals surface area contributed by atoms with Gasteiger partial charge >= 0.3 is 5.97 Å². The molecule has 0 radical (unpaired) electrons. The van der Waals surface area contributed by atoms with E-state index in [1.165, 1.54) is 19.2 Å². The topological polar surface area (TPSA) is 79.5 Å². The lowest BCUT2D eigenvalue weighted by Gasteiger charge is -2.08. The second-order valence-electron chi connectivity index (χ2n) is 3.28. The van der Waals surface area contributed by atoms with E-state index in [4.69, 9.17) is 14.7 Å². The first-order valence-corrected chi connectivity index (χ1v) is 5.08. The van der Waals surface area contributed by atoms with Crippen molar-refractivity contribution in [2.75, 3.05) is 13.7 Å². The number of rotatable bonds is 4. The van der Waals surface area contributed by atoms with Gasteiger partial charge in [-0.05, 0) is 13.0 Å². The third kappa shape index (κ3) is 3.11. The molecule has 1 N–H and O–H groups in total. The molecular formula is C12H13NO4. The molecule has 0 aliphatic heterocycles. The zero-order valence-corrected chi connectivity index (χ0v) is 9.69. The fourth-order valence-corrected chi connectivity index (χ4v) is 1.37. The third-order valence-corrected chi connectivity index (χ3v) is 2.16. The third-order valence-electron chi connectivity index (χ3n) is 2.16. The number of phenols is 1. The summed E-state index contributed by atoms with van der Waals surface area (Å²) in [5.41, 5.74) is 0.392. The molecule has 0 saturated heterocycles. The van der Waals surface area contributed by atoms with Crippen molar-refractivity contribution in [3.05, 3.63) is 23.3 Å². The molecule has 0 spiro atoms. The summed E-state index contributed by atoms with van der Waals surface area (Å²) in [5, 5.41) is 18.6. The molecule has 0 heterocycles. The van der Waals surface area contributed by atoms with E-state index >= 15 is 0 Å². The Labute approximate surface area is 99.2 Å². The van der Waals surface area contributed by atoms with Gasteiger partial charge in [-0.25, -0.2) is 0 Å². The molecule has 5 heteroatoms. The number of ether oxygens (including phenoxy) is 2. The predicted octanol–water partition coefficient (Wildman–Crippen LogP) is 1.38. The summed E-state index contributed by atoms with van der Waals surface area (Å²) < 4.78 is 9.75. The minimum absolute atomic E-state index is 0.0728. The minimum Gasteiger partial charge on any atom is -0.506 e. The zero-order chi connectivity index (χ0) is 12.8. The van der Waals surface area contributed by atoms with Gasteiger partial charge in [0, 0.05) is 11.6 Å². The minimum atomic E-state index is -0.458. The highest BCUT2D eigenvalue weighted by Gasteiger charge is 2.14. The van der Waals surface area contributed by atoms with E-state index in [-0.39, 0.29) is 24.3 Å². The molecule has 1 aromatic carbocycles. The van der Waals surface area contributed by atoms with Crippen molar-refractivity contribution < 1.29 is 19.4 Å². The maximum absolute atomic E-state index is 11.3. The monoisotopic (exact) mass is 235 g/mol. The summed E-state index contributed by atoms with van der Waals surface area (Å²) >= 11 is 0. The van der Waals surface area contributed by atoms with Crippen LogP contribution in [-0.2, 0) is 16.0 Å². The Hall–Kier alpha value is -2.22. The number of hydrogen-bond donors (Lipinski definition) is 1. The summed E-state index contributed by atoms with van der Waals surface area (Å²) in [4.78, 5) is 11.3. The van der Waals surface area contributed by atoms with Gasteiger partial charge in [0.2, 0.25) is 0 Å². The fraction of sp³-hybridized carbons (Fsp3) is 0.333. The Morgan fingerprint density at radius 3 is 2.76 bits per heavy atom. The Morgan fingerprint density at radius 2 is 2.24 bits per heavy atom. The first kappa shape index (κ1) is 12.8. The normalized spacial score (nSPS) is 9.47. The first-order valence-electron chi connectivity index (χ1n) is 5.08. The van der Waals surface area contributed by atoms with Crippen molar-refractivity contribution in [1.29, 1.82) is 5.26 Å². The number of phenolic OH excluding ortho intramolecular Hbond substituents is 1. The highest BCUT2D eigenvalue weighted by Crippen LogP contribution is 2.28. The van der Waals surface area contributed by atoms with E-state index in [1.807, 2.05) is 6.07 Å². The van der Waals surface area contributed by atoms with Crippen LogP contribution in [0.3, 0.4) is 0 Å². The molecule has 0 aliphatic rings. The van der Waals surface area contributed by atoms with E-state index in [0.717, 1.165) is 0 Å². The maximum Gasteiger partial charge on any atom is 0.310 e. The van der Waals surface area contributed by atoms with Gasteiger partial charge in [0.25, 0.3) is 0 Å². The van der Waals surface area contributed by atoms with Crippen molar-refractivity contribution in [3.63, 3.8) is 0 Å². The van der Waals surface area contributed by atoms with Crippen molar-refractivity contribution in [2.45, 2.75) is 13.3 Å². The summed E-state index contributed by atoms with van der Waals surface area (Å²) in [6.45, 7) is 1.97. The quantitative estimate of drug-likeness (QED) is 0.797. The molecule has 0 fully saturated rings. The molecule has 0 unspecified atom stereocenters. The molecule has 17 heavy (non-hydrogen) atoms. The summed E-state index contributed by atoms with van der Waals surface area (Å²) in [7, 11) is 1.45. The second kappa shape index (κ2) is 5.75. The molecule has 0 bridgehead atoms. The van der Waals surface area contributed by atoms with E-state index in [1.54, 1.807) is 6.92 Å². The van der Waals surface area contributed by atoms with E-state index in [2.05, 4.69) is 0 Å². The average molecular weight is 235 g/mol. The van der Waals surface area contributed by atoms with Gasteiger partial charge in [-0.2, -0.15) is 5.26 Å². The standard InChI is InChI=1S/C12H13NO4/c1-3-17-11(14)6-8-4-10(16-2)5-9(7-13)12(8)15/h4-5,15H,3,6H2,1-2H3. The number of aromatic hydroxyl groups is 1. The van der Waals surface area contributed by atoms with E-state index in [9.17, 15) is 9.90 Å². The smallest absolute Gasteiger partial charge is 0.310 e. The maximum atomic E-state index is 11.3. The number of esters is 1. The van der Waals surface area contributed by atoms with Gasteiger partial charge in [-0.3, -0.25) is 4.79 Å². The molecule has 1 rings (SSSR count). The lowest BCUT2D eigenvalue weighted by Crippen LogP contribution is -2.08. The van der Waals surface area contributed by atoms with Gasteiger partial charge in [0.05, 0.1) is 25.7 Å². The Morgan fingerprint density at radius 1 is 1.53 bits per heavy atom. The molecule has 90 valence electrons. The summed E-state index contributed by atoms with van der Waals surface area (Å²) in [5.74, 6) is -0.250. The number of carbonyl (C=O) groups excluding carboxylic acids is 1. The summed E-state index contributed by atoms with van der Waals surface area (Å²) in [6.07, 6.45) is -0.0917. The lowest BCUT2D eigenvalue weighted by molar-refractivity contribution is -0.142. The SMILES string of the molecule is CCOC(=O)Cc1cc(OC)cc(C#N)c1O. The van der Waals surface area contributed by atoms with Crippen LogP contribution >= 0.6 is 0 Å². The van der Waals surface area contributed by atoms with Crippen LogP contribution in [0.2, 0.25) is 0 Å². The molecular weight excluding hydrogens is 222 g/mol. The van der Waals surface area contributed by atoms with Crippen molar-refractivity contribution >= 4 is 5.97 Å². The zero-order valence-electron chi connectivity index (χ0n) is 9.69. The number of carbonyl (C=O) groups is 1. The first-order chi connectivity index (χ1) is 8.12. The molecule has 0 atom stereocenters. The van der Waals surface area contributed by atoms with Crippen LogP contribution in [0.25, 0.3) is 0 Å². The van der Waals surface area contributed by atoms with Gasteiger partial charge in [0.15, 0.2) is 0 Å². The molecule has 0 amide bonds. The fourth-order valence-electron chi connectivity index (χ4n) is 1.37. The molecule has 1 aromatic rings. The number of hydrogen-bond acceptors (Lipinski definition) is 5. The number of nitriles is 1. The second-order valence-corrected chi connectivity index (χ2v) is 3.28. The largest absolute Gasteiger partial charge is 0.506 e. The Balaban J connectivity index is 3.06. The van der Waals surface area contributed by atoms with Crippen LogP contribution in [-0.4, -0.2) is 24.8 Å². The van der Waals surface area contributed by atoms with Crippen LogP contribution < -0.4 is 4.74 Å². The number of benzene rings is 1. The van der Waals surface area contributed by atoms with E-state index in [0.29, 0.717) is 11.3 Å². The average Bonchev–Trinajstić information content (AvgIpc) is 2.32. The van der Waals surface area contributed by atoms with Crippen LogP contribution in [0.15, 0.2) is 12.1 Å². The van der Waals surface area contributed by atoms with Crippen LogP contribution in [0, 0.1) is 11.3 Å². The van der Waals surface area contributed by atoms with E-state index < -0.39 is 5.97 Å². The van der Waals surface area contributed by atoms with Gasteiger partial charge in [-0.1, -0.05) is 0 Å². The van der Waals surface area contributed by atoms with Gasteiger partial charge in [-0.15, -0.1) is 0 Å². The van der Waals surface area contributed by atoms with Crippen LogP contribution in [0.1, 0.15) is 18.1 Å². The van der Waals surface area contributed by atoms with Crippen molar-refractivity contribution in [3.8, 4) is 17.6 Å². The van der Waals surface area contributed by atoms with Crippen LogP contribution in [0.5, 0.6) is 11.5 Å². The van der Waals surface area contributed by atoms with Gasteiger partial charge < -0.3 is 14.6 Å². The van der Waals surface area contributed by atoms with Crippen molar-refractivity contribution in [2.24, 2.45) is 0 Å². The van der Waals surface area contributed by atoms with Crippen LogP contribution in [0.4, 0.5) is 0 Å². The molecule has 5 nitrogen and oxygen atoms in total. The Kier molecular flexibility index (Phi) is 4.35. The number of nitrogens with zero attached hydrogens (tertiary/aromatic N) is 1. The predicted molar refractivity (Wildman–Crippen MR) is 59.7 cm³/mol.